The predicted molar refractivity (Wildman–Crippen MR) is 76.4 cm³/mol. The molecule has 0 bridgehead atoms. The number of aryl methyl sites for hydroxylation is 1. The minimum Gasteiger partial charge on any atom is -0.486 e. The standard InChI is InChI=1S/C15H18N2O2/c1-4-16-15-9(2)10(3)17-12-8-14-13(7-11(12)15)18-5-6-19-14/h7-8H,4-6H2,1-3H3,(H,16,17). The molecule has 0 amide bonds. The van der Waals surface area contributed by atoms with Crippen molar-refractivity contribution in [3.05, 3.63) is 23.4 Å². The first-order valence-electron chi connectivity index (χ1n) is 6.65. The number of rotatable bonds is 2. The normalized spacial score (nSPS) is 13.6. The van der Waals surface area contributed by atoms with Crippen LogP contribution >= 0.6 is 0 Å². The summed E-state index contributed by atoms with van der Waals surface area (Å²) in [4.78, 5) is 4.65. The highest BCUT2D eigenvalue weighted by molar-refractivity contribution is 5.95. The van der Waals surface area contributed by atoms with E-state index in [1.54, 1.807) is 0 Å². The second-order valence-corrected chi connectivity index (χ2v) is 4.74. The van der Waals surface area contributed by atoms with Gasteiger partial charge in [0.05, 0.1) is 5.52 Å². The lowest BCUT2D eigenvalue weighted by Gasteiger charge is -2.20. The number of hydrogen-bond donors (Lipinski definition) is 1. The molecule has 0 saturated carbocycles. The van der Waals surface area contributed by atoms with E-state index in [4.69, 9.17) is 9.47 Å². The third kappa shape index (κ3) is 1.97. The van der Waals surface area contributed by atoms with Crippen molar-refractivity contribution >= 4 is 16.6 Å². The number of nitrogens with zero attached hydrogens (tertiary/aromatic N) is 1. The maximum atomic E-state index is 5.65. The van der Waals surface area contributed by atoms with E-state index in [1.807, 2.05) is 19.1 Å². The van der Waals surface area contributed by atoms with Crippen LogP contribution in [0, 0.1) is 13.8 Å². The Kier molecular flexibility index (Phi) is 2.93. The lowest BCUT2D eigenvalue weighted by molar-refractivity contribution is 0.172. The van der Waals surface area contributed by atoms with Crippen LogP contribution in [0.5, 0.6) is 11.5 Å². The third-order valence-corrected chi connectivity index (χ3v) is 3.49. The summed E-state index contributed by atoms with van der Waals surface area (Å²) < 4.78 is 11.3. The van der Waals surface area contributed by atoms with Crippen molar-refractivity contribution in [3.63, 3.8) is 0 Å². The second kappa shape index (κ2) is 4.61. The quantitative estimate of drug-likeness (QED) is 0.899. The number of fused-ring (bicyclic) bond motifs is 2. The summed E-state index contributed by atoms with van der Waals surface area (Å²) in [7, 11) is 0. The van der Waals surface area contributed by atoms with Gasteiger partial charge in [-0.2, -0.15) is 0 Å². The van der Waals surface area contributed by atoms with E-state index in [1.165, 1.54) is 5.56 Å². The van der Waals surface area contributed by atoms with Gasteiger partial charge >= 0.3 is 0 Å². The Morgan fingerprint density at radius 3 is 2.53 bits per heavy atom. The van der Waals surface area contributed by atoms with Crippen LogP contribution in [0.15, 0.2) is 12.1 Å². The molecule has 0 saturated heterocycles. The number of benzene rings is 1. The minimum atomic E-state index is 0.601. The zero-order chi connectivity index (χ0) is 13.4. The van der Waals surface area contributed by atoms with Crippen molar-refractivity contribution in [2.75, 3.05) is 25.1 Å². The van der Waals surface area contributed by atoms with E-state index in [-0.39, 0.29) is 0 Å². The van der Waals surface area contributed by atoms with Gasteiger partial charge in [0.25, 0.3) is 0 Å². The topological polar surface area (TPSA) is 43.4 Å². The van der Waals surface area contributed by atoms with Gasteiger partial charge in [-0.3, -0.25) is 4.98 Å². The predicted octanol–water partition coefficient (Wildman–Crippen LogP) is 3.05. The Hall–Kier alpha value is -1.97. The van der Waals surface area contributed by atoms with Crippen molar-refractivity contribution < 1.29 is 9.47 Å². The Bertz CT molecular complexity index is 638. The first-order chi connectivity index (χ1) is 9.20. The van der Waals surface area contributed by atoms with Gasteiger partial charge in [0.1, 0.15) is 13.2 Å². The molecule has 0 fully saturated rings. The van der Waals surface area contributed by atoms with Crippen molar-refractivity contribution in [1.29, 1.82) is 0 Å². The van der Waals surface area contributed by atoms with Crippen molar-refractivity contribution in [1.82, 2.24) is 4.98 Å². The minimum absolute atomic E-state index is 0.601. The summed E-state index contributed by atoms with van der Waals surface area (Å²) in [5.41, 5.74) is 4.32. The van der Waals surface area contributed by atoms with Gasteiger partial charge in [0.2, 0.25) is 0 Å². The van der Waals surface area contributed by atoms with Crippen LogP contribution in [0.1, 0.15) is 18.2 Å². The Balaban J connectivity index is 2.28. The number of ether oxygens (including phenoxy) is 2. The van der Waals surface area contributed by atoms with Crippen molar-refractivity contribution in [2.24, 2.45) is 0 Å². The van der Waals surface area contributed by atoms with Gasteiger partial charge in [0.15, 0.2) is 11.5 Å². The first kappa shape index (κ1) is 12.1. The number of hydrogen-bond acceptors (Lipinski definition) is 4. The van der Waals surface area contributed by atoms with E-state index in [2.05, 4.69) is 24.1 Å². The average Bonchev–Trinajstić information content (AvgIpc) is 2.42. The zero-order valence-electron chi connectivity index (χ0n) is 11.5. The summed E-state index contributed by atoms with van der Waals surface area (Å²) in [6.07, 6.45) is 0. The smallest absolute Gasteiger partial charge is 0.163 e. The van der Waals surface area contributed by atoms with Crippen LogP contribution in [0.4, 0.5) is 5.69 Å². The van der Waals surface area contributed by atoms with Gasteiger partial charge in [-0.25, -0.2) is 0 Å². The van der Waals surface area contributed by atoms with Gasteiger partial charge in [-0.15, -0.1) is 0 Å². The molecule has 3 rings (SSSR count). The van der Waals surface area contributed by atoms with Gasteiger partial charge in [0, 0.05) is 29.4 Å². The van der Waals surface area contributed by atoms with Crippen molar-refractivity contribution in [2.45, 2.75) is 20.8 Å². The van der Waals surface area contributed by atoms with Crippen LogP contribution in [-0.2, 0) is 0 Å². The summed E-state index contributed by atoms with van der Waals surface area (Å²) >= 11 is 0. The van der Waals surface area contributed by atoms with Crippen LogP contribution < -0.4 is 14.8 Å². The van der Waals surface area contributed by atoms with Gasteiger partial charge in [-0.05, 0) is 32.4 Å². The highest BCUT2D eigenvalue weighted by Gasteiger charge is 2.16. The average molecular weight is 258 g/mol. The molecule has 4 nitrogen and oxygen atoms in total. The third-order valence-electron chi connectivity index (χ3n) is 3.49. The second-order valence-electron chi connectivity index (χ2n) is 4.74. The number of anilines is 1. The van der Waals surface area contributed by atoms with Crippen LogP contribution in [0.2, 0.25) is 0 Å². The van der Waals surface area contributed by atoms with Gasteiger partial charge < -0.3 is 14.8 Å². The van der Waals surface area contributed by atoms with E-state index in [0.717, 1.165) is 40.3 Å². The molecule has 0 atom stereocenters. The molecule has 0 aliphatic carbocycles. The molecule has 100 valence electrons. The molecule has 1 aromatic heterocycles. The SMILES string of the molecule is CCNc1c(C)c(C)nc2cc3c(cc12)OCCO3. The molecule has 0 spiro atoms. The zero-order valence-corrected chi connectivity index (χ0v) is 11.5. The lowest BCUT2D eigenvalue weighted by Crippen LogP contribution is -2.15. The molecule has 1 aliphatic heterocycles. The highest BCUT2D eigenvalue weighted by Crippen LogP contribution is 2.38. The molecule has 0 unspecified atom stereocenters. The molecule has 19 heavy (non-hydrogen) atoms. The molecule has 1 aromatic carbocycles. The van der Waals surface area contributed by atoms with E-state index < -0.39 is 0 Å². The Labute approximate surface area is 112 Å². The van der Waals surface area contributed by atoms with Gasteiger partial charge in [-0.1, -0.05) is 0 Å². The van der Waals surface area contributed by atoms with Crippen LogP contribution in [0.25, 0.3) is 10.9 Å². The molecule has 2 aromatic rings. The first-order valence-corrected chi connectivity index (χ1v) is 6.65. The summed E-state index contributed by atoms with van der Waals surface area (Å²) in [6.45, 7) is 8.31. The fraction of sp³-hybridized carbons (Fsp3) is 0.400. The maximum absolute atomic E-state index is 5.65. The highest BCUT2D eigenvalue weighted by atomic mass is 16.6. The fourth-order valence-electron chi connectivity index (χ4n) is 2.42. The van der Waals surface area contributed by atoms with E-state index in [9.17, 15) is 0 Å². The lowest BCUT2D eigenvalue weighted by atomic mass is 10.1. The van der Waals surface area contributed by atoms with Crippen LogP contribution in [-0.4, -0.2) is 24.7 Å². The molecular formula is C15H18N2O2. The van der Waals surface area contributed by atoms with Crippen molar-refractivity contribution in [3.8, 4) is 11.5 Å². The Morgan fingerprint density at radius 1 is 1.16 bits per heavy atom. The molecule has 2 heterocycles. The monoisotopic (exact) mass is 258 g/mol. The summed E-state index contributed by atoms with van der Waals surface area (Å²) in [5.74, 6) is 1.60. The maximum Gasteiger partial charge on any atom is 0.163 e. The van der Waals surface area contributed by atoms with E-state index in [0.29, 0.717) is 13.2 Å². The number of nitrogens with one attached hydrogen (secondary N) is 1. The molecule has 1 N–H and O–H groups in total. The molecular weight excluding hydrogens is 240 g/mol. The summed E-state index contributed by atoms with van der Waals surface area (Å²) in [5, 5.41) is 4.52. The van der Waals surface area contributed by atoms with Crippen LogP contribution in [0.3, 0.4) is 0 Å². The van der Waals surface area contributed by atoms with E-state index >= 15 is 0 Å². The number of pyridine rings is 1. The number of aromatic nitrogens is 1. The molecule has 1 aliphatic rings. The molecule has 4 heteroatoms. The summed E-state index contributed by atoms with van der Waals surface area (Å²) in [6, 6.07) is 4.00. The largest absolute Gasteiger partial charge is 0.486 e. The Morgan fingerprint density at radius 2 is 1.84 bits per heavy atom. The molecule has 0 radical (unpaired) electrons. The fourth-order valence-corrected chi connectivity index (χ4v) is 2.42.